The first-order chi connectivity index (χ1) is 12.9. The fraction of sp³-hybridized carbons (Fsp3) is 0.211. The molecule has 140 valence electrons. The first kappa shape index (κ1) is 18.1. The summed E-state index contributed by atoms with van der Waals surface area (Å²) in [7, 11) is -3.68. The van der Waals surface area contributed by atoms with Crippen LogP contribution < -0.4 is 0 Å². The molecule has 4 rings (SSSR count). The highest BCUT2D eigenvalue weighted by molar-refractivity contribution is 7.89. The number of hydrogen-bond donors (Lipinski definition) is 0. The van der Waals surface area contributed by atoms with Crippen LogP contribution in [0.1, 0.15) is 9.67 Å². The van der Waals surface area contributed by atoms with Gasteiger partial charge in [0.15, 0.2) is 0 Å². The van der Waals surface area contributed by atoms with Gasteiger partial charge in [0.05, 0.1) is 9.77 Å². The molecular formula is C19H17FN2O3S2. The summed E-state index contributed by atoms with van der Waals surface area (Å²) in [5.41, 5.74) is 0. The lowest BCUT2D eigenvalue weighted by Crippen LogP contribution is -2.50. The molecule has 0 atom stereocenters. The van der Waals surface area contributed by atoms with Gasteiger partial charge in [-0.15, -0.1) is 11.3 Å². The van der Waals surface area contributed by atoms with Crippen LogP contribution in [0.25, 0.3) is 10.1 Å². The minimum atomic E-state index is -3.68. The molecule has 1 aliphatic heterocycles. The van der Waals surface area contributed by atoms with Gasteiger partial charge in [0.25, 0.3) is 5.91 Å². The monoisotopic (exact) mass is 404 g/mol. The average molecular weight is 404 g/mol. The molecule has 0 N–H and O–H groups in total. The smallest absolute Gasteiger partial charge is 0.264 e. The van der Waals surface area contributed by atoms with E-state index in [4.69, 9.17) is 0 Å². The van der Waals surface area contributed by atoms with Crippen molar-refractivity contribution in [3.63, 3.8) is 0 Å². The molecule has 0 unspecified atom stereocenters. The van der Waals surface area contributed by atoms with Gasteiger partial charge in [0, 0.05) is 30.9 Å². The molecule has 0 aliphatic carbocycles. The molecular weight excluding hydrogens is 387 g/mol. The maximum Gasteiger partial charge on any atom is 0.264 e. The Morgan fingerprint density at radius 1 is 0.963 bits per heavy atom. The third kappa shape index (κ3) is 3.47. The number of amides is 1. The van der Waals surface area contributed by atoms with E-state index in [-0.39, 0.29) is 23.9 Å². The summed E-state index contributed by atoms with van der Waals surface area (Å²) in [6.07, 6.45) is 0. The van der Waals surface area contributed by atoms with Crippen molar-refractivity contribution in [3.05, 3.63) is 65.3 Å². The molecule has 1 aromatic heterocycles. The van der Waals surface area contributed by atoms with E-state index in [9.17, 15) is 17.6 Å². The average Bonchev–Trinajstić information content (AvgIpc) is 3.12. The van der Waals surface area contributed by atoms with Gasteiger partial charge in [-0.3, -0.25) is 4.79 Å². The lowest BCUT2D eigenvalue weighted by Gasteiger charge is -2.33. The molecule has 2 heterocycles. The molecule has 0 bridgehead atoms. The molecule has 1 amide bonds. The van der Waals surface area contributed by atoms with Gasteiger partial charge in [-0.1, -0.05) is 18.2 Å². The standard InChI is InChI=1S/C19H17FN2O3S2/c20-15-5-7-16(8-6-15)27(24,25)22-11-9-21(10-12-22)19(23)18-13-14-3-1-2-4-17(14)26-18/h1-8,13H,9-12H2. The van der Waals surface area contributed by atoms with Crippen LogP contribution in [0.5, 0.6) is 0 Å². The summed E-state index contributed by atoms with van der Waals surface area (Å²) in [5.74, 6) is -0.553. The van der Waals surface area contributed by atoms with Crippen LogP contribution in [-0.2, 0) is 10.0 Å². The molecule has 0 spiro atoms. The Morgan fingerprint density at radius 2 is 1.63 bits per heavy atom. The second-order valence-electron chi connectivity index (χ2n) is 6.30. The van der Waals surface area contributed by atoms with Gasteiger partial charge in [-0.2, -0.15) is 4.31 Å². The fourth-order valence-corrected chi connectivity index (χ4v) is 5.58. The molecule has 1 fully saturated rings. The topological polar surface area (TPSA) is 57.7 Å². The second kappa shape index (κ2) is 7.03. The fourth-order valence-electron chi connectivity index (χ4n) is 3.13. The lowest BCUT2D eigenvalue weighted by atomic mass is 10.2. The van der Waals surface area contributed by atoms with Crippen LogP contribution in [0, 0.1) is 5.82 Å². The van der Waals surface area contributed by atoms with E-state index < -0.39 is 15.8 Å². The number of fused-ring (bicyclic) bond motifs is 1. The van der Waals surface area contributed by atoms with Gasteiger partial charge in [0.1, 0.15) is 5.82 Å². The van der Waals surface area contributed by atoms with E-state index in [0.717, 1.165) is 22.2 Å². The van der Waals surface area contributed by atoms with Crippen molar-refractivity contribution >= 4 is 37.4 Å². The van der Waals surface area contributed by atoms with Crippen molar-refractivity contribution in [1.82, 2.24) is 9.21 Å². The summed E-state index contributed by atoms with van der Waals surface area (Å²) in [5, 5.41) is 1.03. The van der Waals surface area contributed by atoms with Crippen LogP contribution in [0.3, 0.4) is 0 Å². The van der Waals surface area contributed by atoms with Crippen molar-refractivity contribution in [3.8, 4) is 0 Å². The third-order valence-electron chi connectivity index (χ3n) is 4.61. The summed E-state index contributed by atoms with van der Waals surface area (Å²) in [6.45, 7) is 1.09. The van der Waals surface area contributed by atoms with E-state index in [1.165, 1.54) is 27.8 Å². The molecule has 0 radical (unpaired) electrons. The van der Waals surface area contributed by atoms with Crippen molar-refractivity contribution in [2.24, 2.45) is 0 Å². The number of carbonyl (C=O) groups is 1. The first-order valence-corrected chi connectivity index (χ1v) is 10.7. The van der Waals surface area contributed by atoms with E-state index in [2.05, 4.69) is 0 Å². The number of sulfonamides is 1. The molecule has 1 aliphatic rings. The Labute approximate surface area is 160 Å². The molecule has 2 aromatic carbocycles. The van der Waals surface area contributed by atoms with Crippen molar-refractivity contribution in [1.29, 1.82) is 0 Å². The van der Waals surface area contributed by atoms with Crippen molar-refractivity contribution < 1.29 is 17.6 Å². The summed E-state index contributed by atoms with van der Waals surface area (Å²) >= 11 is 1.45. The highest BCUT2D eigenvalue weighted by atomic mass is 32.2. The number of benzene rings is 2. The number of nitrogens with zero attached hydrogens (tertiary/aromatic N) is 2. The zero-order chi connectivity index (χ0) is 19.0. The molecule has 0 saturated carbocycles. The number of hydrogen-bond acceptors (Lipinski definition) is 4. The molecule has 1 saturated heterocycles. The Morgan fingerprint density at radius 3 is 2.30 bits per heavy atom. The minimum Gasteiger partial charge on any atom is -0.335 e. The van der Waals surface area contributed by atoms with Crippen LogP contribution in [-0.4, -0.2) is 49.7 Å². The van der Waals surface area contributed by atoms with Crippen LogP contribution in [0.2, 0.25) is 0 Å². The van der Waals surface area contributed by atoms with E-state index in [1.807, 2.05) is 30.3 Å². The SMILES string of the molecule is O=C(c1cc2ccccc2s1)N1CCN(S(=O)(=O)c2ccc(F)cc2)CC1. The summed E-state index contributed by atoms with van der Waals surface area (Å²) in [4.78, 5) is 15.2. The van der Waals surface area contributed by atoms with Gasteiger partial charge >= 0.3 is 0 Å². The van der Waals surface area contributed by atoms with Crippen molar-refractivity contribution in [2.75, 3.05) is 26.2 Å². The quantitative estimate of drug-likeness (QED) is 0.674. The predicted molar refractivity (Wildman–Crippen MR) is 103 cm³/mol. The van der Waals surface area contributed by atoms with Gasteiger partial charge < -0.3 is 4.90 Å². The molecule has 27 heavy (non-hydrogen) atoms. The van der Waals surface area contributed by atoms with Crippen molar-refractivity contribution in [2.45, 2.75) is 4.90 Å². The van der Waals surface area contributed by atoms with Gasteiger partial charge in [-0.05, 0) is 41.8 Å². The number of rotatable bonds is 3. The molecule has 5 nitrogen and oxygen atoms in total. The van der Waals surface area contributed by atoms with E-state index in [0.29, 0.717) is 18.0 Å². The molecule has 8 heteroatoms. The second-order valence-corrected chi connectivity index (χ2v) is 9.32. The van der Waals surface area contributed by atoms with Crippen LogP contribution in [0.4, 0.5) is 4.39 Å². The molecule has 3 aromatic rings. The zero-order valence-electron chi connectivity index (χ0n) is 14.3. The number of carbonyl (C=O) groups excluding carboxylic acids is 1. The number of thiophene rings is 1. The number of piperazine rings is 1. The van der Waals surface area contributed by atoms with Crippen LogP contribution >= 0.6 is 11.3 Å². The lowest BCUT2D eigenvalue weighted by molar-refractivity contribution is 0.0703. The van der Waals surface area contributed by atoms with Crippen LogP contribution in [0.15, 0.2) is 59.5 Å². The van der Waals surface area contributed by atoms with Gasteiger partial charge in [-0.25, -0.2) is 12.8 Å². The first-order valence-electron chi connectivity index (χ1n) is 8.49. The predicted octanol–water partition coefficient (Wildman–Crippen LogP) is 3.19. The largest absolute Gasteiger partial charge is 0.335 e. The highest BCUT2D eigenvalue weighted by Gasteiger charge is 2.30. The normalized spacial score (nSPS) is 16.0. The Hall–Kier alpha value is -2.29. The zero-order valence-corrected chi connectivity index (χ0v) is 16.0. The minimum absolute atomic E-state index is 0.0631. The van der Waals surface area contributed by atoms with E-state index in [1.54, 1.807) is 4.90 Å². The Bertz CT molecular complexity index is 1050. The number of halogens is 1. The summed E-state index contributed by atoms with van der Waals surface area (Å²) < 4.78 is 40.8. The third-order valence-corrected chi connectivity index (χ3v) is 7.63. The van der Waals surface area contributed by atoms with E-state index >= 15 is 0 Å². The Kier molecular flexibility index (Phi) is 4.71. The maximum absolute atomic E-state index is 13.0. The maximum atomic E-state index is 13.0. The highest BCUT2D eigenvalue weighted by Crippen LogP contribution is 2.27. The summed E-state index contributed by atoms with van der Waals surface area (Å²) in [6, 6.07) is 14.5. The van der Waals surface area contributed by atoms with Gasteiger partial charge in [0.2, 0.25) is 10.0 Å². The Balaban J connectivity index is 1.46.